The number of anilines is 1. The number of carbonyl (C=O) groups excluding carboxylic acids is 1. The van der Waals surface area contributed by atoms with Crippen molar-refractivity contribution in [1.82, 2.24) is 10.2 Å². The number of rotatable bonds is 9. The summed E-state index contributed by atoms with van der Waals surface area (Å²) in [7, 11) is -3.34. The van der Waals surface area contributed by atoms with Crippen LogP contribution in [0.5, 0.6) is 0 Å². The van der Waals surface area contributed by atoms with Gasteiger partial charge in [-0.1, -0.05) is 44.2 Å². The average Bonchev–Trinajstić information content (AvgIpc) is 2.65. The first-order valence-corrected chi connectivity index (χ1v) is 10.9. The van der Waals surface area contributed by atoms with E-state index in [1.54, 1.807) is 24.3 Å². The van der Waals surface area contributed by atoms with Gasteiger partial charge in [-0.05, 0) is 42.9 Å². The van der Waals surface area contributed by atoms with Gasteiger partial charge in [-0.2, -0.15) is 0 Å². The molecule has 0 aliphatic heterocycles. The summed E-state index contributed by atoms with van der Waals surface area (Å²) >= 11 is 0. The fourth-order valence-corrected chi connectivity index (χ4v) is 3.37. The highest BCUT2D eigenvalue weighted by Crippen LogP contribution is 2.16. The Morgan fingerprint density at radius 2 is 1.59 bits per heavy atom. The normalized spacial score (nSPS) is 12.6. The summed E-state index contributed by atoms with van der Waals surface area (Å²) in [6.07, 6.45) is 1.09. The Morgan fingerprint density at radius 3 is 2.11 bits per heavy atom. The van der Waals surface area contributed by atoms with Gasteiger partial charge in [0.25, 0.3) is 5.91 Å². The Bertz CT molecular complexity index is 833. The molecule has 2 rings (SSSR count). The molecule has 0 heterocycles. The second kappa shape index (κ2) is 9.53. The zero-order valence-electron chi connectivity index (χ0n) is 16.0. The second-order valence-electron chi connectivity index (χ2n) is 6.37. The van der Waals surface area contributed by atoms with Crippen LogP contribution < -0.4 is 10.0 Å². The first-order chi connectivity index (χ1) is 12.8. The van der Waals surface area contributed by atoms with E-state index in [9.17, 15) is 13.2 Å². The number of nitrogens with zero attached hydrogens (tertiary/aromatic N) is 1. The van der Waals surface area contributed by atoms with Gasteiger partial charge in [0.2, 0.25) is 10.0 Å². The van der Waals surface area contributed by atoms with E-state index in [0.29, 0.717) is 11.3 Å². The van der Waals surface area contributed by atoms with E-state index in [2.05, 4.69) is 28.8 Å². The minimum absolute atomic E-state index is 0.132. The molecule has 0 fully saturated rings. The molecule has 2 N–H and O–H groups in total. The molecule has 0 aliphatic rings. The fraction of sp³-hybridized carbons (Fsp3) is 0.350. The number of sulfonamides is 1. The van der Waals surface area contributed by atoms with Gasteiger partial charge in [0.15, 0.2) is 0 Å². The zero-order valence-corrected chi connectivity index (χ0v) is 16.8. The fourth-order valence-electron chi connectivity index (χ4n) is 2.81. The Morgan fingerprint density at radius 1 is 1.00 bits per heavy atom. The van der Waals surface area contributed by atoms with E-state index in [1.165, 1.54) is 0 Å². The molecule has 1 unspecified atom stereocenters. The predicted octanol–water partition coefficient (Wildman–Crippen LogP) is 2.87. The molecule has 1 amide bonds. The molecule has 7 heteroatoms. The molecule has 0 saturated heterocycles. The Labute approximate surface area is 161 Å². The summed E-state index contributed by atoms with van der Waals surface area (Å²) in [6, 6.07) is 16.1. The standard InChI is InChI=1S/C20H27N3O3S/c1-4-23(5-2)15-19(16-9-7-6-8-10-16)21-20(24)17-11-13-18(14-12-17)22-27(3,25)26/h6-14,19,22H,4-5,15H2,1-3H3,(H,21,24). The van der Waals surface area contributed by atoms with E-state index >= 15 is 0 Å². The molecule has 6 nitrogen and oxygen atoms in total. The van der Waals surface area contributed by atoms with Gasteiger partial charge in [0.1, 0.15) is 0 Å². The lowest BCUT2D eigenvalue weighted by Gasteiger charge is -2.26. The molecule has 0 radical (unpaired) electrons. The maximum atomic E-state index is 12.7. The quantitative estimate of drug-likeness (QED) is 0.691. The number of nitrogens with one attached hydrogen (secondary N) is 2. The molecule has 1 atom stereocenters. The van der Waals surface area contributed by atoms with Gasteiger partial charge in [0, 0.05) is 17.8 Å². The van der Waals surface area contributed by atoms with Crippen LogP contribution >= 0.6 is 0 Å². The van der Waals surface area contributed by atoms with Crippen LogP contribution in [0, 0.1) is 0 Å². The van der Waals surface area contributed by atoms with Crippen molar-refractivity contribution in [2.45, 2.75) is 19.9 Å². The van der Waals surface area contributed by atoms with Crippen LogP contribution in [0.15, 0.2) is 54.6 Å². The smallest absolute Gasteiger partial charge is 0.251 e. The van der Waals surface area contributed by atoms with Crippen molar-refractivity contribution in [1.29, 1.82) is 0 Å². The van der Waals surface area contributed by atoms with Crippen molar-refractivity contribution in [3.05, 3.63) is 65.7 Å². The summed E-state index contributed by atoms with van der Waals surface area (Å²) < 4.78 is 25.0. The van der Waals surface area contributed by atoms with Crippen LogP contribution in [0.3, 0.4) is 0 Å². The summed E-state index contributed by atoms with van der Waals surface area (Å²) in [6.45, 7) is 6.72. The van der Waals surface area contributed by atoms with E-state index < -0.39 is 10.0 Å². The van der Waals surface area contributed by atoms with Gasteiger partial charge < -0.3 is 10.2 Å². The molecule has 0 aromatic heterocycles. The average molecular weight is 390 g/mol. The molecule has 27 heavy (non-hydrogen) atoms. The summed E-state index contributed by atoms with van der Waals surface area (Å²) in [4.78, 5) is 15.0. The van der Waals surface area contributed by atoms with Crippen molar-refractivity contribution in [3.63, 3.8) is 0 Å². The topological polar surface area (TPSA) is 78.5 Å². The second-order valence-corrected chi connectivity index (χ2v) is 8.12. The Hall–Kier alpha value is -2.38. The molecule has 0 spiro atoms. The summed E-state index contributed by atoms with van der Waals surface area (Å²) in [5.41, 5.74) is 1.96. The third-order valence-corrected chi connectivity index (χ3v) is 4.90. The Kier molecular flexibility index (Phi) is 7.38. The molecule has 0 bridgehead atoms. The van der Waals surface area contributed by atoms with Gasteiger partial charge in [0.05, 0.1) is 12.3 Å². The number of amides is 1. The van der Waals surface area contributed by atoms with E-state index in [1.807, 2.05) is 30.3 Å². The van der Waals surface area contributed by atoms with E-state index in [-0.39, 0.29) is 11.9 Å². The minimum Gasteiger partial charge on any atom is -0.344 e. The minimum atomic E-state index is -3.34. The highest BCUT2D eigenvalue weighted by molar-refractivity contribution is 7.92. The predicted molar refractivity (Wildman–Crippen MR) is 109 cm³/mol. The number of hydrogen-bond donors (Lipinski definition) is 2. The van der Waals surface area contributed by atoms with Crippen LogP contribution in [0.2, 0.25) is 0 Å². The van der Waals surface area contributed by atoms with Crippen molar-refractivity contribution in [2.75, 3.05) is 30.6 Å². The van der Waals surface area contributed by atoms with Crippen molar-refractivity contribution < 1.29 is 13.2 Å². The maximum Gasteiger partial charge on any atom is 0.251 e. The molecule has 146 valence electrons. The van der Waals surface area contributed by atoms with Crippen LogP contribution in [0.1, 0.15) is 35.8 Å². The van der Waals surface area contributed by atoms with Gasteiger partial charge in [-0.15, -0.1) is 0 Å². The number of hydrogen-bond acceptors (Lipinski definition) is 4. The highest BCUT2D eigenvalue weighted by Gasteiger charge is 2.18. The maximum absolute atomic E-state index is 12.7. The van der Waals surface area contributed by atoms with Gasteiger partial charge in [-0.25, -0.2) is 8.42 Å². The molecule has 2 aromatic carbocycles. The molecule has 0 saturated carbocycles. The highest BCUT2D eigenvalue weighted by atomic mass is 32.2. The third-order valence-electron chi connectivity index (χ3n) is 4.29. The molecular formula is C20H27N3O3S. The molecule has 0 aliphatic carbocycles. The van der Waals surface area contributed by atoms with Crippen LogP contribution in [-0.4, -0.2) is 45.1 Å². The first-order valence-electron chi connectivity index (χ1n) is 8.98. The van der Waals surface area contributed by atoms with Crippen LogP contribution in [0.25, 0.3) is 0 Å². The SMILES string of the molecule is CCN(CC)CC(NC(=O)c1ccc(NS(C)(=O)=O)cc1)c1ccccc1. The van der Waals surface area contributed by atoms with Crippen molar-refractivity contribution in [3.8, 4) is 0 Å². The van der Waals surface area contributed by atoms with E-state index in [4.69, 9.17) is 0 Å². The number of benzene rings is 2. The van der Waals surface area contributed by atoms with Crippen molar-refractivity contribution >= 4 is 21.6 Å². The number of carbonyl (C=O) groups is 1. The largest absolute Gasteiger partial charge is 0.344 e. The summed E-state index contributed by atoms with van der Waals surface area (Å²) in [5, 5.41) is 3.10. The lowest BCUT2D eigenvalue weighted by molar-refractivity contribution is 0.0925. The molecule has 2 aromatic rings. The number of likely N-dealkylation sites (N-methyl/N-ethyl adjacent to an activating group) is 1. The lowest BCUT2D eigenvalue weighted by Crippen LogP contribution is -2.38. The molecular weight excluding hydrogens is 362 g/mol. The van der Waals surface area contributed by atoms with E-state index in [0.717, 1.165) is 31.5 Å². The lowest BCUT2D eigenvalue weighted by atomic mass is 10.1. The Balaban J connectivity index is 2.15. The van der Waals surface area contributed by atoms with Gasteiger partial charge >= 0.3 is 0 Å². The van der Waals surface area contributed by atoms with Gasteiger partial charge in [-0.3, -0.25) is 9.52 Å². The van der Waals surface area contributed by atoms with Crippen LogP contribution in [-0.2, 0) is 10.0 Å². The van der Waals surface area contributed by atoms with Crippen LogP contribution in [0.4, 0.5) is 5.69 Å². The zero-order chi connectivity index (χ0) is 19.9. The monoisotopic (exact) mass is 389 g/mol. The summed E-state index contributed by atoms with van der Waals surface area (Å²) in [5.74, 6) is -0.193. The first kappa shape index (κ1) is 20.9. The third kappa shape index (κ3) is 6.69. The van der Waals surface area contributed by atoms with Crippen molar-refractivity contribution in [2.24, 2.45) is 0 Å².